The minimum Gasteiger partial charge on any atom is -0.452 e. The Morgan fingerprint density at radius 1 is 0.931 bits per heavy atom. The third kappa shape index (κ3) is 7.62. The summed E-state index contributed by atoms with van der Waals surface area (Å²) in [6.45, 7) is 7.38. The average molecular weight is 415 g/mol. The highest BCUT2D eigenvalue weighted by Gasteiger charge is 2.18. The summed E-state index contributed by atoms with van der Waals surface area (Å²) < 4.78 is 5.14. The Bertz CT molecular complexity index is 881. The second-order valence-electron chi connectivity index (χ2n) is 6.85. The Hall–Kier alpha value is -2.80. The van der Waals surface area contributed by atoms with Crippen LogP contribution in [0, 0.1) is 20.8 Å². The van der Waals surface area contributed by atoms with Gasteiger partial charge in [-0.1, -0.05) is 35.4 Å². The van der Waals surface area contributed by atoms with Crippen LogP contribution in [0.2, 0.25) is 0 Å². The molecule has 0 spiro atoms. The third-order valence-corrected chi connectivity index (χ3v) is 5.01. The zero-order valence-corrected chi connectivity index (χ0v) is 17.9. The van der Waals surface area contributed by atoms with E-state index in [0.29, 0.717) is 5.69 Å². The lowest BCUT2D eigenvalue weighted by Gasteiger charge is -2.13. The van der Waals surface area contributed by atoms with Crippen molar-refractivity contribution in [3.05, 3.63) is 59.2 Å². The lowest BCUT2D eigenvalue weighted by molar-refractivity contribution is -0.150. The molecule has 0 aliphatic heterocycles. The number of thioether (sulfide) groups is 1. The molecule has 0 saturated carbocycles. The quantitative estimate of drug-likeness (QED) is 0.641. The van der Waals surface area contributed by atoms with E-state index in [-0.39, 0.29) is 17.4 Å². The number of carbonyl (C=O) groups is 3. The monoisotopic (exact) mass is 414 g/mol. The number of esters is 1. The van der Waals surface area contributed by atoms with Crippen molar-refractivity contribution >= 4 is 40.9 Å². The van der Waals surface area contributed by atoms with Crippen molar-refractivity contribution in [1.29, 1.82) is 0 Å². The van der Waals surface area contributed by atoms with Gasteiger partial charge in [0.05, 0.1) is 11.5 Å². The van der Waals surface area contributed by atoms with Gasteiger partial charge in [-0.15, -0.1) is 11.8 Å². The van der Waals surface area contributed by atoms with E-state index in [9.17, 15) is 14.4 Å². The number of hydrogen-bond donors (Lipinski definition) is 2. The summed E-state index contributed by atoms with van der Waals surface area (Å²) >= 11 is 1.14. The minimum absolute atomic E-state index is 0.0115. The van der Waals surface area contributed by atoms with Crippen molar-refractivity contribution in [2.45, 2.75) is 33.8 Å². The smallest absolute Gasteiger partial charge is 0.316 e. The fraction of sp³-hybridized carbons (Fsp3) is 0.318. The number of rotatable bonds is 8. The first-order valence-electron chi connectivity index (χ1n) is 9.26. The van der Waals surface area contributed by atoms with Crippen LogP contribution in [0.15, 0.2) is 42.5 Å². The van der Waals surface area contributed by atoms with Gasteiger partial charge in [-0.05, 0) is 51.5 Å². The summed E-state index contributed by atoms with van der Waals surface area (Å²) in [6.07, 6.45) is -0.923. The molecule has 0 aliphatic rings. The predicted molar refractivity (Wildman–Crippen MR) is 117 cm³/mol. The average Bonchev–Trinajstić information content (AvgIpc) is 2.65. The molecule has 0 bridgehead atoms. The molecule has 2 aromatic rings. The van der Waals surface area contributed by atoms with Gasteiger partial charge in [0.2, 0.25) is 5.91 Å². The maximum atomic E-state index is 12.1. The molecule has 2 aromatic carbocycles. The molecule has 0 aromatic heterocycles. The van der Waals surface area contributed by atoms with Gasteiger partial charge in [0.1, 0.15) is 0 Å². The zero-order chi connectivity index (χ0) is 21.4. The number of anilines is 2. The molecule has 0 aliphatic carbocycles. The lowest BCUT2D eigenvalue weighted by atomic mass is 10.1. The number of hydrogen-bond acceptors (Lipinski definition) is 5. The number of nitrogens with one attached hydrogen (secondary N) is 2. The maximum absolute atomic E-state index is 12.1. The molecule has 2 N–H and O–H groups in total. The van der Waals surface area contributed by atoms with Crippen LogP contribution in [0.5, 0.6) is 0 Å². The fourth-order valence-electron chi connectivity index (χ4n) is 2.53. The molecule has 2 amide bonds. The first-order chi connectivity index (χ1) is 13.7. The molecule has 0 fully saturated rings. The third-order valence-electron chi connectivity index (χ3n) is 4.11. The molecule has 1 atom stereocenters. The van der Waals surface area contributed by atoms with E-state index in [0.717, 1.165) is 34.1 Å². The lowest BCUT2D eigenvalue weighted by Crippen LogP contribution is -2.30. The molecule has 0 heterocycles. The van der Waals surface area contributed by atoms with Crippen LogP contribution in [-0.4, -0.2) is 35.4 Å². The molecule has 29 heavy (non-hydrogen) atoms. The topological polar surface area (TPSA) is 84.5 Å². The van der Waals surface area contributed by atoms with E-state index in [2.05, 4.69) is 10.6 Å². The number of ether oxygens (including phenoxy) is 1. The Balaban J connectivity index is 1.70. The van der Waals surface area contributed by atoms with Crippen LogP contribution in [0.1, 0.15) is 23.6 Å². The van der Waals surface area contributed by atoms with Crippen LogP contribution in [-0.2, 0) is 19.1 Å². The molecule has 2 rings (SSSR count). The van der Waals surface area contributed by atoms with Crippen LogP contribution in [0.4, 0.5) is 11.4 Å². The first kappa shape index (κ1) is 22.5. The van der Waals surface area contributed by atoms with Crippen molar-refractivity contribution in [3.63, 3.8) is 0 Å². The highest BCUT2D eigenvalue weighted by atomic mass is 32.2. The second-order valence-corrected chi connectivity index (χ2v) is 7.83. The second kappa shape index (κ2) is 10.7. The van der Waals surface area contributed by atoms with Crippen molar-refractivity contribution in [2.75, 3.05) is 22.1 Å². The van der Waals surface area contributed by atoms with Crippen LogP contribution < -0.4 is 10.6 Å². The Labute approximate surface area is 175 Å². The highest BCUT2D eigenvalue weighted by Crippen LogP contribution is 2.16. The summed E-state index contributed by atoms with van der Waals surface area (Å²) in [5.74, 6) is -1.03. The maximum Gasteiger partial charge on any atom is 0.316 e. The molecule has 0 unspecified atom stereocenters. The predicted octanol–water partition coefficient (Wildman–Crippen LogP) is 3.85. The standard InChI is InChI=1S/C22H26N2O4S/c1-14-5-8-18(9-6-14)23-22(27)17(4)28-21(26)13-29-12-20(25)24-19-10-7-15(2)11-16(19)3/h5-11,17H,12-13H2,1-4H3,(H,23,27)(H,24,25)/t17-/m0/s1. The number of benzene rings is 2. The van der Waals surface area contributed by atoms with Gasteiger partial charge in [0.15, 0.2) is 6.10 Å². The van der Waals surface area contributed by atoms with Gasteiger partial charge in [0, 0.05) is 11.4 Å². The van der Waals surface area contributed by atoms with Crippen LogP contribution >= 0.6 is 11.8 Å². The van der Waals surface area contributed by atoms with E-state index >= 15 is 0 Å². The molecule has 0 radical (unpaired) electrons. The number of carbonyl (C=O) groups excluding carboxylic acids is 3. The van der Waals surface area contributed by atoms with Gasteiger partial charge in [-0.2, -0.15) is 0 Å². The summed E-state index contributed by atoms with van der Waals surface area (Å²) in [7, 11) is 0. The van der Waals surface area contributed by atoms with Gasteiger partial charge < -0.3 is 15.4 Å². The molecule has 0 saturated heterocycles. The normalized spacial score (nSPS) is 11.4. The Morgan fingerprint density at radius 2 is 1.59 bits per heavy atom. The van der Waals surface area contributed by atoms with Crippen molar-refractivity contribution in [2.24, 2.45) is 0 Å². The van der Waals surface area contributed by atoms with Gasteiger partial charge >= 0.3 is 5.97 Å². The SMILES string of the molecule is Cc1ccc(NC(=O)[C@H](C)OC(=O)CSCC(=O)Nc2ccc(C)cc2C)cc1. The van der Waals surface area contributed by atoms with Crippen LogP contribution in [0.3, 0.4) is 0 Å². The Morgan fingerprint density at radius 3 is 2.24 bits per heavy atom. The molecular weight excluding hydrogens is 388 g/mol. The summed E-state index contributed by atoms with van der Waals surface area (Å²) in [4.78, 5) is 36.1. The number of amides is 2. The van der Waals surface area contributed by atoms with E-state index in [1.807, 2.05) is 51.1 Å². The fourth-order valence-corrected chi connectivity index (χ4v) is 3.13. The van der Waals surface area contributed by atoms with Crippen LogP contribution in [0.25, 0.3) is 0 Å². The molecule has 7 heteroatoms. The zero-order valence-electron chi connectivity index (χ0n) is 17.1. The molecule has 6 nitrogen and oxygen atoms in total. The van der Waals surface area contributed by atoms with Gasteiger partial charge in [-0.25, -0.2) is 0 Å². The van der Waals surface area contributed by atoms with E-state index in [1.165, 1.54) is 6.92 Å². The largest absolute Gasteiger partial charge is 0.452 e. The first-order valence-corrected chi connectivity index (χ1v) is 10.4. The van der Waals surface area contributed by atoms with E-state index < -0.39 is 18.0 Å². The summed E-state index contributed by atoms with van der Waals surface area (Å²) in [6, 6.07) is 13.1. The van der Waals surface area contributed by atoms with Crippen molar-refractivity contribution in [1.82, 2.24) is 0 Å². The van der Waals surface area contributed by atoms with Crippen molar-refractivity contribution in [3.8, 4) is 0 Å². The van der Waals surface area contributed by atoms with E-state index in [4.69, 9.17) is 4.74 Å². The molecular formula is C22H26N2O4S. The molecule has 154 valence electrons. The van der Waals surface area contributed by atoms with Crippen molar-refractivity contribution < 1.29 is 19.1 Å². The summed E-state index contributed by atoms with van der Waals surface area (Å²) in [5.41, 5.74) is 4.58. The van der Waals surface area contributed by atoms with E-state index in [1.54, 1.807) is 12.1 Å². The van der Waals surface area contributed by atoms with Gasteiger partial charge in [-0.3, -0.25) is 14.4 Å². The van der Waals surface area contributed by atoms with Gasteiger partial charge in [0.25, 0.3) is 5.91 Å². The Kier molecular flexibility index (Phi) is 8.27. The highest BCUT2D eigenvalue weighted by molar-refractivity contribution is 8.00. The summed E-state index contributed by atoms with van der Waals surface area (Å²) in [5, 5.41) is 5.52. The minimum atomic E-state index is -0.923. The number of aryl methyl sites for hydroxylation is 3.